The van der Waals surface area contributed by atoms with Gasteiger partial charge in [0.05, 0.1) is 22.4 Å². The second kappa shape index (κ2) is 10.5. The molecule has 2 aromatic heterocycles. The Labute approximate surface area is 190 Å². The highest BCUT2D eigenvalue weighted by atomic mass is 35.5. The van der Waals surface area contributed by atoms with Crippen LogP contribution in [0.1, 0.15) is 12.5 Å². The lowest BCUT2D eigenvalue weighted by molar-refractivity contribution is -0.115. The van der Waals surface area contributed by atoms with E-state index < -0.39 is 5.25 Å². The quantitative estimate of drug-likeness (QED) is 0.411. The van der Waals surface area contributed by atoms with E-state index in [9.17, 15) is 4.79 Å². The molecule has 0 aliphatic heterocycles. The lowest BCUT2D eigenvalue weighted by Gasteiger charge is -2.10. The van der Waals surface area contributed by atoms with E-state index in [1.54, 1.807) is 25.8 Å². The first-order valence-corrected chi connectivity index (χ1v) is 11.8. The summed E-state index contributed by atoms with van der Waals surface area (Å²) in [6.45, 7) is 1.79. The van der Waals surface area contributed by atoms with Gasteiger partial charge in [-0.25, -0.2) is 4.98 Å². The van der Waals surface area contributed by atoms with Crippen molar-refractivity contribution in [2.24, 2.45) is 0 Å². The number of thioether (sulfide) groups is 2. The van der Waals surface area contributed by atoms with Crippen molar-refractivity contribution in [1.29, 1.82) is 0 Å². The number of amides is 1. The number of halogens is 2. The lowest BCUT2D eigenvalue weighted by Crippen LogP contribution is -2.23. The molecule has 0 aliphatic carbocycles. The predicted octanol–water partition coefficient (Wildman–Crippen LogP) is 5.66. The molecule has 1 N–H and O–H groups in total. The Morgan fingerprint density at radius 2 is 1.97 bits per heavy atom. The molecule has 0 saturated carbocycles. The molecule has 29 heavy (non-hydrogen) atoms. The highest BCUT2D eigenvalue weighted by Crippen LogP contribution is 2.33. The molecule has 11 heteroatoms. The summed E-state index contributed by atoms with van der Waals surface area (Å²) in [6.07, 6.45) is 1.43. The van der Waals surface area contributed by atoms with E-state index in [0.717, 1.165) is 20.2 Å². The highest BCUT2D eigenvalue weighted by Gasteiger charge is 2.19. The van der Waals surface area contributed by atoms with E-state index in [1.807, 2.05) is 24.3 Å². The molecule has 0 radical (unpaired) electrons. The molecule has 1 aromatic carbocycles. The fourth-order valence-electron chi connectivity index (χ4n) is 2.10. The molecule has 0 saturated heterocycles. The number of anilines is 1. The van der Waals surface area contributed by atoms with Crippen LogP contribution in [-0.2, 0) is 10.5 Å². The number of nitrogens with one attached hydrogen (secondary N) is 1. The number of benzene rings is 1. The van der Waals surface area contributed by atoms with Crippen LogP contribution in [0.3, 0.4) is 0 Å². The van der Waals surface area contributed by atoms with Crippen molar-refractivity contribution in [2.45, 2.75) is 26.6 Å². The fourth-order valence-corrected chi connectivity index (χ4v) is 5.65. The monoisotopic (exact) mass is 486 g/mol. The van der Waals surface area contributed by atoms with Crippen LogP contribution in [-0.4, -0.2) is 33.4 Å². The highest BCUT2D eigenvalue weighted by molar-refractivity contribution is 8.03. The second-order valence-corrected chi connectivity index (χ2v) is 10.3. The van der Waals surface area contributed by atoms with Gasteiger partial charge in [0, 0.05) is 11.9 Å². The minimum atomic E-state index is -0.393. The van der Waals surface area contributed by atoms with Crippen molar-refractivity contribution in [3.63, 3.8) is 0 Å². The van der Waals surface area contributed by atoms with Gasteiger partial charge < -0.3 is 10.1 Å². The number of hydrogen-bond acceptors (Lipinski definition) is 8. The van der Waals surface area contributed by atoms with Gasteiger partial charge in [0.1, 0.15) is 5.75 Å². The van der Waals surface area contributed by atoms with E-state index in [0.29, 0.717) is 5.02 Å². The molecular formula is C18H16Cl2N4O2S3. The standard InChI is InChI=1S/C18H16Cl2N4O2S3/c1-10(16(25)22-15-14(20)7-12(19)8-21-15)28-18-24-23-17(29-18)27-9-11-3-5-13(26-2)6-4-11/h3-8,10H,9H2,1-2H3,(H,21,22,25). The van der Waals surface area contributed by atoms with Crippen molar-refractivity contribution in [1.82, 2.24) is 15.2 Å². The molecule has 1 atom stereocenters. The zero-order valence-corrected chi connectivity index (χ0v) is 19.3. The molecule has 0 bridgehead atoms. The van der Waals surface area contributed by atoms with Crippen LogP contribution in [0.15, 0.2) is 45.2 Å². The van der Waals surface area contributed by atoms with Crippen LogP contribution in [0.25, 0.3) is 0 Å². The van der Waals surface area contributed by atoms with Crippen molar-refractivity contribution >= 4 is 69.8 Å². The van der Waals surface area contributed by atoms with Gasteiger partial charge in [0.2, 0.25) is 5.91 Å². The summed E-state index contributed by atoms with van der Waals surface area (Å²) in [5, 5.41) is 11.4. The molecule has 0 fully saturated rings. The Morgan fingerprint density at radius 3 is 2.66 bits per heavy atom. The van der Waals surface area contributed by atoms with Gasteiger partial charge in [0.15, 0.2) is 14.5 Å². The normalized spacial score (nSPS) is 11.9. The maximum Gasteiger partial charge on any atom is 0.238 e. The van der Waals surface area contributed by atoms with E-state index in [1.165, 1.54) is 40.9 Å². The second-order valence-electron chi connectivity index (χ2n) is 5.70. The van der Waals surface area contributed by atoms with E-state index in [-0.39, 0.29) is 16.7 Å². The SMILES string of the molecule is COc1ccc(CSc2nnc(SC(C)C(=O)Nc3ncc(Cl)cc3Cl)s2)cc1. The van der Waals surface area contributed by atoms with Crippen molar-refractivity contribution in [3.05, 3.63) is 52.1 Å². The maximum atomic E-state index is 12.4. The Bertz CT molecular complexity index is 985. The largest absolute Gasteiger partial charge is 0.497 e. The number of methoxy groups -OCH3 is 1. The Hall–Kier alpha value is -1.52. The van der Waals surface area contributed by atoms with Crippen molar-refractivity contribution in [2.75, 3.05) is 12.4 Å². The average Bonchev–Trinajstić information content (AvgIpc) is 3.16. The van der Waals surface area contributed by atoms with Crippen LogP contribution in [0, 0.1) is 0 Å². The molecule has 152 valence electrons. The first-order chi connectivity index (χ1) is 13.9. The molecule has 6 nitrogen and oxygen atoms in total. The van der Waals surface area contributed by atoms with Crippen LogP contribution >= 0.6 is 58.1 Å². The van der Waals surface area contributed by atoms with Crippen LogP contribution < -0.4 is 10.1 Å². The summed E-state index contributed by atoms with van der Waals surface area (Å²) in [6, 6.07) is 9.43. The van der Waals surface area contributed by atoms with Gasteiger partial charge in [-0.15, -0.1) is 10.2 Å². The Kier molecular flexibility index (Phi) is 8.02. The molecule has 0 aliphatic rings. The van der Waals surface area contributed by atoms with Gasteiger partial charge >= 0.3 is 0 Å². The molecule has 3 rings (SSSR count). The number of aromatic nitrogens is 3. The number of carbonyl (C=O) groups is 1. The summed E-state index contributed by atoms with van der Waals surface area (Å²) in [4.78, 5) is 16.4. The third kappa shape index (κ3) is 6.48. The molecular weight excluding hydrogens is 471 g/mol. The van der Waals surface area contributed by atoms with Gasteiger partial charge in [-0.2, -0.15) is 0 Å². The zero-order valence-electron chi connectivity index (χ0n) is 15.4. The lowest BCUT2D eigenvalue weighted by atomic mass is 10.2. The minimum Gasteiger partial charge on any atom is -0.497 e. The Morgan fingerprint density at radius 1 is 1.24 bits per heavy atom. The van der Waals surface area contributed by atoms with Gasteiger partial charge in [-0.05, 0) is 30.7 Å². The third-order valence-electron chi connectivity index (χ3n) is 3.61. The predicted molar refractivity (Wildman–Crippen MR) is 121 cm³/mol. The first kappa shape index (κ1) is 22.2. The zero-order chi connectivity index (χ0) is 20.8. The molecule has 3 aromatic rings. The number of nitrogens with zero attached hydrogens (tertiary/aromatic N) is 3. The van der Waals surface area contributed by atoms with Gasteiger partial charge in [-0.3, -0.25) is 4.79 Å². The van der Waals surface area contributed by atoms with Crippen LogP contribution in [0.5, 0.6) is 5.75 Å². The maximum absolute atomic E-state index is 12.4. The summed E-state index contributed by atoms with van der Waals surface area (Å²) < 4.78 is 6.73. The first-order valence-electron chi connectivity index (χ1n) is 8.32. The van der Waals surface area contributed by atoms with Crippen LogP contribution in [0.4, 0.5) is 5.82 Å². The van der Waals surface area contributed by atoms with E-state index in [2.05, 4.69) is 20.5 Å². The van der Waals surface area contributed by atoms with Crippen LogP contribution in [0.2, 0.25) is 10.0 Å². The Balaban J connectivity index is 1.52. The smallest absolute Gasteiger partial charge is 0.238 e. The minimum absolute atomic E-state index is 0.227. The topological polar surface area (TPSA) is 77.0 Å². The number of rotatable bonds is 8. The van der Waals surface area contributed by atoms with E-state index >= 15 is 0 Å². The van der Waals surface area contributed by atoms with Gasteiger partial charge in [-0.1, -0.05) is 70.2 Å². The van der Waals surface area contributed by atoms with Gasteiger partial charge in [0.25, 0.3) is 0 Å². The number of ether oxygens (including phenoxy) is 1. The average molecular weight is 487 g/mol. The molecule has 1 amide bonds. The number of hydrogen-bond donors (Lipinski definition) is 1. The summed E-state index contributed by atoms with van der Waals surface area (Å²) in [5.41, 5.74) is 1.17. The molecule has 0 spiro atoms. The van der Waals surface area contributed by atoms with Crippen molar-refractivity contribution in [3.8, 4) is 5.75 Å². The van der Waals surface area contributed by atoms with Crippen molar-refractivity contribution < 1.29 is 9.53 Å². The van der Waals surface area contributed by atoms with E-state index in [4.69, 9.17) is 27.9 Å². The summed E-state index contributed by atoms with van der Waals surface area (Å²) >= 11 is 16.3. The number of carbonyl (C=O) groups excluding carboxylic acids is 1. The molecule has 1 unspecified atom stereocenters. The third-order valence-corrected chi connectivity index (χ3v) is 7.41. The fraction of sp³-hybridized carbons (Fsp3) is 0.222. The summed E-state index contributed by atoms with van der Waals surface area (Å²) in [5.74, 6) is 1.66. The summed E-state index contributed by atoms with van der Waals surface area (Å²) in [7, 11) is 1.64. The number of pyridine rings is 1. The molecule has 2 heterocycles.